The van der Waals surface area contributed by atoms with E-state index in [1.807, 2.05) is 0 Å². The Balaban J connectivity index is 2.67. The number of azide groups is 1. The van der Waals surface area contributed by atoms with Crippen LogP contribution in [0.2, 0.25) is 0 Å². The number of hydrogen-bond acceptors (Lipinski definition) is 5. The summed E-state index contributed by atoms with van der Waals surface area (Å²) in [5.41, 5.74) is 8.65. The standard InChI is InChI=1S/C7H8N4O2S/c1-2-13-7(12)6-10-5(4-14-6)3-9-11-8/h4H,2-3H2,1H3. The third-order valence-corrected chi connectivity index (χ3v) is 2.17. The molecule has 0 atom stereocenters. The maximum atomic E-state index is 11.2. The highest BCUT2D eigenvalue weighted by Gasteiger charge is 2.10. The Kier molecular flexibility index (Phi) is 3.90. The van der Waals surface area contributed by atoms with Crippen LogP contribution in [-0.2, 0) is 11.3 Å². The predicted octanol–water partition coefficient (Wildman–Crippen LogP) is 2.13. The third-order valence-electron chi connectivity index (χ3n) is 1.30. The van der Waals surface area contributed by atoms with Crippen LogP contribution in [0, 0.1) is 0 Å². The second kappa shape index (κ2) is 5.21. The average molecular weight is 212 g/mol. The van der Waals surface area contributed by atoms with E-state index in [1.54, 1.807) is 12.3 Å². The minimum absolute atomic E-state index is 0.159. The van der Waals surface area contributed by atoms with Crippen molar-refractivity contribution in [3.05, 3.63) is 26.5 Å². The highest BCUT2D eigenvalue weighted by molar-refractivity contribution is 7.11. The molecule has 0 N–H and O–H groups in total. The smallest absolute Gasteiger partial charge is 0.367 e. The summed E-state index contributed by atoms with van der Waals surface area (Å²) in [5.74, 6) is -0.440. The molecule has 0 aromatic carbocycles. The molecule has 0 aliphatic rings. The van der Waals surface area contributed by atoms with Crippen molar-refractivity contribution in [3.8, 4) is 0 Å². The summed E-state index contributed by atoms with van der Waals surface area (Å²) in [6.07, 6.45) is 0. The lowest BCUT2D eigenvalue weighted by Gasteiger charge is -1.95. The molecule has 0 spiro atoms. The number of rotatable bonds is 4. The topological polar surface area (TPSA) is 88.0 Å². The van der Waals surface area contributed by atoms with Gasteiger partial charge in [-0.15, -0.1) is 11.3 Å². The van der Waals surface area contributed by atoms with Gasteiger partial charge < -0.3 is 4.74 Å². The molecule has 0 bridgehead atoms. The summed E-state index contributed by atoms with van der Waals surface area (Å²) in [5, 5.41) is 5.29. The van der Waals surface area contributed by atoms with E-state index in [1.165, 1.54) is 11.3 Å². The molecular formula is C7H8N4O2S. The molecule has 74 valence electrons. The first-order valence-electron chi connectivity index (χ1n) is 3.90. The van der Waals surface area contributed by atoms with Crippen molar-refractivity contribution < 1.29 is 9.53 Å². The number of thiazole rings is 1. The maximum Gasteiger partial charge on any atom is 0.367 e. The Morgan fingerprint density at radius 2 is 2.64 bits per heavy atom. The van der Waals surface area contributed by atoms with Gasteiger partial charge in [0.25, 0.3) is 0 Å². The molecule has 0 saturated carbocycles. The molecule has 1 aromatic heterocycles. The van der Waals surface area contributed by atoms with E-state index >= 15 is 0 Å². The monoisotopic (exact) mass is 212 g/mol. The van der Waals surface area contributed by atoms with Crippen molar-refractivity contribution in [2.24, 2.45) is 5.11 Å². The summed E-state index contributed by atoms with van der Waals surface area (Å²) in [6.45, 7) is 2.21. The Bertz CT molecular complexity index is 370. The first-order chi connectivity index (χ1) is 6.77. The van der Waals surface area contributed by atoms with E-state index in [0.29, 0.717) is 12.3 Å². The third kappa shape index (κ3) is 2.72. The zero-order valence-electron chi connectivity index (χ0n) is 7.51. The Morgan fingerprint density at radius 1 is 1.86 bits per heavy atom. The number of nitrogens with zero attached hydrogens (tertiary/aromatic N) is 4. The van der Waals surface area contributed by atoms with Gasteiger partial charge in [0.15, 0.2) is 0 Å². The molecular weight excluding hydrogens is 204 g/mol. The van der Waals surface area contributed by atoms with Crippen LogP contribution in [0.4, 0.5) is 0 Å². The fraction of sp³-hybridized carbons (Fsp3) is 0.429. The SMILES string of the molecule is CCOC(=O)c1nc(CN=[N+]=[N-])cs1. The van der Waals surface area contributed by atoms with Gasteiger partial charge in [0.1, 0.15) is 0 Å². The van der Waals surface area contributed by atoms with Gasteiger partial charge in [0, 0.05) is 10.3 Å². The minimum Gasteiger partial charge on any atom is -0.461 e. The summed E-state index contributed by atoms with van der Waals surface area (Å²) in [4.78, 5) is 17.7. The summed E-state index contributed by atoms with van der Waals surface area (Å²) >= 11 is 1.18. The fourth-order valence-corrected chi connectivity index (χ4v) is 1.47. The predicted molar refractivity (Wildman–Crippen MR) is 50.9 cm³/mol. The molecule has 1 aromatic rings. The molecule has 0 amide bonds. The number of carbonyl (C=O) groups excluding carboxylic acids is 1. The second-order valence-corrected chi connectivity index (χ2v) is 3.11. The zero-order valence-corrected chi connectivity index (χ0v) is 8.32. The molecule has 0 saturated heterocycles. The Labute approximate surface area is 84.2 Å². The molecule has 1 heterocycles. The highest BCUT2D eigenvalue weighted by atomic mass is 32.1. The van der Waals surface area contributed by atoms with Gasteiger partial charge in [0.2, 0.25) is 5.01 Å². The van der Waals surface area contributed by atoms with E-state index in [4.69, 9.17) is 10.3 Å². The van der Waals surface area contributed by atoms with Crippen LogP contribution in [0.15, 0.2) is 10.5 Å². The Morgan fingerprint density at radius 3 is 3.29 bits per heavy atom. The van der Waals surface area contributed by atoms with Gasteiger partial charge in [-0.2, -0.15) is 0 Å². The van der Waals surface area contributed by atoms with Crippen molar-refractivity contribution in [1.29, 1.82) is 0 Å². The number of carbonyl (C=O) groups is 1. The minimum atomic E-state index is -0.440. The van der Waals surface area contributed by atoms with Crippen LogP contribution >= 0.6 is 11.3 Å². The van der Waals surface area contributed by atoms with Crippen molar-refractivity contribution in [2.45, 2.75) is 13.5 Å². The molecule has 0 aliphatic heterocycles. The van der Waals surface area contributed by atoms with Gasteiger partial charge in [-0.25, -0.2) is 9.78 Å². The molecule has 7 heteroatoms. The Hall–Kier alpha value is -1.59. The van der Waals surface area contributed by atoms with Crippen molar-refractivity contribution in [3.63, 3.8) is 0 Å². The first kappa shape index (κ1) is 10.5. The molecule has 0 aliphatic carbocycles. The van der Waals surface area contributed by atoms with Crippen molar-refractivity contribution >= 4 is 17.3 Å². The number of esters is 1. The summed E-state index contributed by atoms with van der Waals surface area (Å²) < 4.78 is 4.75. The zero-order chi connectivity index (χ0) is 10.4. The van der Waals surface area contributed by atoms with Gasteiger partial charge >= 0.3 is 5.97 Å². The van der Waals surface area contributed by atoms with Gasteiger partial charge in [-0.3, -0.25) is 0 Å². The number of aromatic nitrogens is 1. The van der Waals surface area contributed by atoms with E-state index in [0.717, 1.165) is 0 Å². The molecule has 6 nitrogen and oxygen atoms in total. The van der Waals surface area contributed by atoms with Crippen LogP contribution in [0.25, 0.3) is 10.4 Å². The normalized spacial score (nSPS) is 9.21. The summed E-state index contributed by atoms with van der Waals surface area (Å²) in [7, 11) is 0. The van der Waals surface area contributed by atoms with Crippen molar-refractivity contribution in [1.82, 2.24) is 4.98 Å². The lowest BCUT2D eigenvalue weighted by atomic mass is 10.5. The van der Waals surface area contributed by atoms with E-state index in [9.17, 15) is 4.79 Å². The molecule has 14 heavy (non-hydrogen) atoms. The van der Waals surface area contributed by atoms with E-state index < -0.39 is 5.97 Å². The largest absolute Gasteiger partial charge is 0.461 e. The molecule has 1 rings (SSSR count). The molecule has 0 radical (unpaired) electrons. The van der Waals surface area contributed by atoms with Crippen LogP contribution in [0.5, 0.6) is 0 Å². The van der Waals surface area contributed by atoms with Crippen LogP contribution in [0.1, 0.15) is 22.4 Å². The average Bonchev–Trinajstić information content (AvgIpc) is 2.63. The van der Waals surface area contributed by atoms with Crippen LogP contribution in [0.3, 0.4) is 0 Å². The first-order valence-corrected chi connectivity index (χ1v) is 4.78. The molecule has 0 unspecified atom stereocenters. The second-order valence-electron chi connectivity index (χ2n) is 2.25. The van der Waals surface area contributed by atoms with Crippen LogP contribution < -0.4 is 0 Å². The fourth-order valence-electron chi connectivity index (χ4n) is 0.770. The quantitative estimate of drug-likeness (QED) is 0.331. The van der Waals surface area contributed by atoms with Gasteiger partial charge in [-0.05, 0) is 12.5 Å². The summed E-state index contributed by atoms with van der Waals surface area (Å²) in [6, 6.07) is 0. The highest BCUT2D eigenvalue weighted by Crippen LogP contribution is 2.11. The van der Waals surface area contributed by atoms with Crippen LogP contribution in [-0.4, -0.2) is 17.6 Å². The van der Waals surface area contributed by atoms with Crippen molar-refractivity contribution in [2.75, 3.05) is 6.61 Å². The maximum absolute atomic E-state index is 11.2. The van der Waals surface area contributed by atoms with Gasteiger partial charge in [-0.1, -0.05) is 5.11 Å². The lowest BCUT2D eigenvalue weighted by Crippen LogP contribution is -2.03. The number of hydrogen-bond donors (Lipinski definition) is 0. The van der Waals surface area contributed by atoms with E-state index in [2.05, 4.69) is 15.0 Å². The van der Waals surface area contributed by atoms with Gasteiger partial charge in [0.05, 0.1) is 18.8 Å². The number of ether oxygens (including phenoxy) is 1. The lowest BCUT2D eigenvalue weighted by molar-refractivity contribution is 0.0525. The molecule has 0 fully saturated rings. The van der Waals surface area contributed by atoms with E-state index in [-0.39, 0.29) is 11.6 Å².